The Labute approximate surface area is 171 Å². The van der Waals surface area contributed by atoms with Crippen LogP contribution in [0.3, 0.4) is 0 Å². The van der Waals surface area contributed by atoms with Crippen LogP contribution < -0.4 is 0 Å². The number of Topliss-reactive ketones (excluding diaryl/α,β-unsaturated/α-hetero) is 2. The molecular weight excluding hydrogens is 344 g/mol. The molecule has 0 radical (unpaired) electrons. The van der Waals surface area contributed by atoms with E-state index in [1.807, 2.05) is 0 Å². The van der Waals surface area contributed by atoms with E-state index in [-0.39, 0.29) is 23.4 Å². The number of carbonyl (C=O) groups excluding carboxylic acids is 2. The van der Waals surface area contributed by atoms with Crippen LogP contribution >= 0.6 is 0 Å². The van der Waals surface area contributed by atoms with Crippen molar-refractivity contribution in [3.05, 3.63) is 35.4 Å². The Morgan fingerprint density at radius 2 is 1.50 bits per heavy atom. The maximum atomic E-state index is 12.9. The van der Waals surface area contributed by atoms with Gasteiger partial charge in [-0.3, -0.25) is 9.59 Å². The van der Waals surface area contributed by atoms with E-state index in [0.29, 0.717) is 5.92 Å². The standard InChI is InChI=1S/C26H38O2/c1-3-5-6-8-20-11-15-22(16-12-20)24-18-17-23(25(27)26(24)28)21-13-9-19(7-4-2)10-14-21/h9-10,13-14,20,22-24H,3-8,11-12,15-18H2,1-2H3. The molecule has 2 saturated carbocycles. The van der Waals surface area contributed by atoms with Crippen molar-refractivity contribution >= 4 is 11.6 Å². The van der Waals surface area contributed by atoms with Crippen molar-refractivity contribution in [3.63, 3.8) is 0 Å². The van der Waals surface area contributed by atoms with Gasteiger partial charge in [0.15, 0.2) is 0 Å². The number of hydrogen-bond donors (Lipinski definition) is 0. The fraction of sp³-hybridized carbons (Fsp3) is 0.692. The number of rotatable bonds is 8. The maximum Gasteiger partial charge on any atom is 0.206 e. The summed E-state index contributed by atoms with van der Waals surface area (Å²) in [5.74, 6) is 0.913. The van der Waals surface area contributed by atoms with Gasteiger partial charge in [0.25, 0.3) is 0 Å². The summed E-state index contributed by atoms with van der Waals surface area (Å²) < 4.78 is 0. The Morgan fingerprint density at radius 3 is 2.14 bits per heavy atom. The quantitative estimate of drug-likeness (QED) is 0.372. The van der Waals surface area contributed by atoms with E-state index < -0.39 is 0 Å². The summed E-state index contributed by atoms with van der Waals surface area (Å²) in [7, 11) is 0. The van der Waals surface area contributed by atoms with Crippen LogP contribution in [0.1, 0.15) is 102 Å². The van der Waals surface area contributed by atoms with Gasteiger partial charge in [0.2, 0.25) is 11.6 Å². The predicted molar refractivity (Wildman–Crippen MR) is 116 cm³/mol. The van der Waals surface area contributed by atoms with Crippen molar-refractivity contribution < 1.29 is 9.59 Å². The minimum Gasteiger partial charge on any atom is -0.291 e. The van der Waals surface area contributed by atoms with Gasteiger partial charge in [-0.1, -0.05) is 83.1 Å². The normalized spacial score (nSPS) is 28.5. The molecule has 1 aromatic carbocycles. The molecule has 2 atom stereocenters. The van der Waals surface area contributed by atoms with E-state index in [2.05, 4.69) is 38.1 Å². The molecule has 0 aromatic heterocycles. The summed E-state index contributed by atoms with van der Waals surface area (Å²) in [6.07, 6.45) is 14.1. The molecule has 154 valence electrons. The van der Waals surface area contributed by atoms with Gasteiger partial charge in [-0.05, 0) is 55.1 Å². The largest absolute Gasteiger partial charge is 0.291 e. The van der Waals surface area contributed by atoms with E-state index in [1.165, 1.54) is 44.1 Å². The van der Waals surface area contributed by atoms with E-state index >= 15 is 0 Å². The van der Waals surface area contributed by atoms with Gasteiger partial charge in [0.1, 0.15) is 0 Å². The van der Waals surface area contributed by atoms with Gasteiger partial charge in [-0.15, -0.1) is 0 Å². The summed E-state index contributed by atoms with van der Waals surface area (Å²) in [5, 5.41) is 0. The van der Waals surface area contributed by atoms with E-state index in [1.54, 1.807) is 0 Å². The molecule has 1 aromatic rings. The second kappa shape index (κ2) is 10.4. The van der Waals surface area contributed by atoms with Gasteiger partial charge in [0, 0.05) is 5.92 Å². The summed E-state index contributed by atoms with van der Waals surface area (Å²) >= 11 is 0. The molecule has 0 N–H and O–H groups in total. The van der Waals surface area contributed by atoms with Crippen LogP contribution in [0, 0.1) is 17.8 Å². The van der Waals surface area contributed by atoms with Crippen LogP contribution in [0.25, 0.3) is 0 Å². The van der Waals surface area contributed by atoms with Crippen molar-refractivity contribution in [2.45, 2.75) is 96.8 Å². The Balaban J connectivity index is 1.54. The zero-order valence-electron chi connectivity index (χ0n) is 17.9. The first-order valence-electron chi connectivity index (χ1n) is 11.8. The molecule has 0 aliphatic heterocycles. The molecule has 0 bridgehead atoms. The van der Waals surface area contributed by atoms with Crippen LogP contribution in [0.5, 0.6) is 0 Å². The Morgan fingerprint density at radius 1 is 0.786 bits per heavy atom. The molecule has 3 rings (SSSR count). The maximum absolute atomic E-state index is 12.9. The molecule has 0 heterocycles. The fourth-order valence-corrected chi connectivity index (χ4v) is 5.50. The minimum absolute atomic E-state index is 0.000272. The SMILES string of the molecule is CCCCCC1CCC(C2CCC(c3ccc(CCC)cc3)C(=O)C2=O)CC1. The minimum atomic E-state index is -0.204. The number of hydrogen-bond acceptors (Lipinski definition) is 2. The second-order valence-electron chi connectivity index (χ2n) is 9.23. The van der Waals surface area contributed by atoms with E-state index in [4.69, 9.17) is 0 Å². The molecule has 0 spiro atoms. The van der Waals surface area contributed by atoms with Crippen molar-refractivity contribution in [3.8, 4) is 0 Å². The van der Waals surface area contributed by atoms with Crippen LogP contribution in [0.4, 0.5) is 0 Å². The third kappa shape index (κ3) is 5.13. The topological polar surface area (TPSA) is 34.1 Å². The lowest BCUT2D eigenvalue weighted by Gasteiger charge is -2.36. The van der Waals surface area contributed by atoms with Crippen molar-refractivity contribution in [2.75, 3.05) is 0 Å². The summed E-state index contributed by atoms with van der Waals surface area (Å²) in [4.78, 5) is 25.8. The Bertz CT molecular complexity index is 637. The molecule has 2 unspecified atom stereocenters. The third-order valence-electron chi connectivity index (χ3n) is 7.26. The highest BCUT2D eigenvalue weighted by molar-refractivity contribution is 6.40. The van der Waals surface area contributed by atoms with Crippen molar-refractivity contribution in [1.29, 1.82) is 0 Å². The Kier molecular flexibility index (Phi) is 7.88. The van der Waals surface area contributed by atoms with Crippen LogP contribution in [0.15, 0.2) is 24.3 Å². The Hall–Kier alpha value is -1.44. The van der Waals surface area contributed by atoms with Crippen LogP contribution in [0.2, 0.25) is 0 Å². The summed E-state index contributed by atoms with van der Waals surface area (Å²) in [6, 6.07) is 8.40. The lowest BCUT2D eigenvalue weighted by molar-refractivity contribution is -0.143. The third-order valence-corrected chi connectivity index (χ3v) is 7.26. The number of ketones is 2. The number of benzene rings is 1. The highest BCUT2D eigenvalue weighted by Crippen LogP contribution is 2.42. The lowest BCUT2D eigenvalue weighted by atomic mass is 9.67. The summed E-state index contributed by atoms with van der Waals surface area (Å²) in [6.45, 7) is 4.44. The zero-order chi connectivity index (χ0) is 19.9. The number of unbranched alkanes of at least 4 members (excludes halogenated alkanes) is 2. The van der Waals surface area contributed by atoms with Crippen LogP contribution in [-0.4, -0.2) is 11.6 Å². The van der Waals surface area contributed by atoms with Crippen LogP contribution in [-0.2, 0) is 16.0 Å². The fourth-order valence-electron chi connectivity index (χ4n) is 5.50. The zero-order valence-corrected chi connectivity index (χ0v) is 17.9. The van der Waals surface area contributed by atoms with Gasteiger partial charge >= 0.3 is 0 Å². The first-order chi connectivity index (χ1) is 13.6. The van der Waals surface area contributed by atoms with Gasteiger partial charge in [-0.2, -0.15) is 0 Å². The molecule has 2 heteroatoms. The highest BCUT2D eigenvalue weighted by Gasteiger charge is 2.41. The van der Waals surface area contributed by atoms with E-state index in [0.717, 1.165) is 50.0 Å². The van der Waals surface area contributed by atoms with Gasteiger partial charge in [0.05, 0.1) is 5.92 Å². The molecule has 0 saturated heterocycles. The van der Waals surface area contributed by atoms with Crippen molar-refractivity contribution in [1.82, 2.24) is 0 Å². The molecule has 28 heavy (non-hydrogen) atoms. The lowest BCUT2D eigenvalue weighted by Crippen LogP contribution is -2.39. The molecule has 2 nitrogen and oxygen atoms in total. The predicted octanol–water partition coefficient (Wildman–Crippen LogP) is 6.66. The van der Waals surface area contributed by atoms with Gasteiger partial charge in [-0.25, -0.2) is 0 Å². The molecule has 0 amide bonds. The number of carbonyl (C=O) groups is 2. The highest BCUT2D eigenvalue weighted by atomic mass is 16.2. The monoisotopic (exact) mass is 382 g/mol. The number of aryl methyl sites for hydroxylation is 1. The van der Waals surface area contributed by atoms with Gasteiger partial charge < -0.3 is 0 Å². The first-order valence-corrected chi connectivity index (χ1v) is 11.8. The molecule has 2 aliphatic carbocycles. The average molecular weight is 383 g/mol. The molecule has 2 aliphatic rings. The molecule has 2 fully saturated rings. The first kappa shape index (κ1) is 21.3. The molecular formula is C26H38O2. The smallest absolute Gasteiger partial charge is 0.206 e. The van der Waals surface area contributed by atoms with Crippen molar-refractivity contribution in [2.24, 2.45) is 17.8 Å². The average Bonchev–Trinajstić information content (AvgIpc) is 2.72. The van der Waals surface area contributed by atoms with E-state index in [9.17, 15) is 9.59 Å². The second-order valence-corrected chi connectivity index (χ2v) is 9.23. The summed E-state index contributed by atoms with van der Waals surface area (Å²) in [5.41, 5.74) is 2.35.